The maximum Gasteiger partial charge on any atom is 0.406 e. The molecule has 1 N–H and O–H groups in total. The van der Waals surface area contributed by atoms with Gasteiger partial charge in [0.05, 0.1) is 6.54 Å². The number of alkyl halides is 3. The number of benzene rings is 1. The van der Waals surface area contributed by atoms with Crippen molar-refractivity contribution in [3.63, 3.8) is 0 Å². The van der Waals surface area contributed by atoms with Gasteiger partial charge in [0.25, 0.3) is 0 Å². The smallest absolute Gasteiger partial charge is 0.376 e. The van der Waals surface area contributed by atoms with E-state index in [1.807, 2.05) is 6.07 Å². The third kappa shape index (κ3) is 4.46. The van der Waals surface area contributed by atoms with Gasteiger partial charge in [0.1, 0.15) is 6.54 Å². The average Bonchev–Trinajstić information content (AvgIpc) is 3.17. The third-order valence-corrected chi connectivity index (χ3v) is 2.88. The number of amides is 1. The first kappa shape index (κ1) is 13.7. The van der Waals surface area contributed by atoms with Gasteiger partial charge in [0.2, 0.25) is 5.91 Å². The van der Waals surface area contributed by atoms with Crippen molar-refractivity contribution in [1.82, 2.24) is 4.90 Å². The average molecular weight is 272 g/mol. The Hall–Kier alpha value is -1.72. The van der Waals surface area contributed by atoms with Crippen LogP contribution in [0, 0.1) is 0 Å². The van der Waals surface area contributed by atoms with Crippen LogP contribution in [0.15, 0.2) is 30.3 Å². The fourth-order valence-electron chi connectivity index (χ4n) is 1.84. The molecule has 0 saturated heterocycles. The molecular formula is C13H15F3N2O. The maximum absolute atomic E-state index is 12.4. The zero-order valence-corrected chi connectivity index (χ0v) is 10.3. The molecule has 1 fully saturated rings. The second-order valence-electron chi connectivity index (χ2n) is 4.59. The van der Waals surface area contributed by atoms with E-state index in [0.717, 1.165) is 10.6 Å². The Morgan fingerprint density at radius 3 is 2.42 bits per heavy atom. The lowest BCUT2D eigenvalue weighted by molar-refractivity contribution is -0.161. The molecule has 6 heteroatoms. The Bertz CT molecular complexity index is 429. The highest BCUT2D eigenvalue weighted by Crippen LogP contribution is 2.30. The van der Waals surface area contributed by atoms with E-state index in [4.69, 9.17) is 0 Å². The number of hydrogen-bond donors (Lipinski definition) is 1. The summed E-state index contributed by atoms with van der Waals surface area (Å²) in [5.74, 6) is -0.510. The minimum Gasteiger partial charge on any atom is -0.376 e. The van der Waals surface area contributed by atoms with Crippen molar-refractivity contribution < 1.29 is 18.0 Å². The van der Waals surface area contributed by atoms with Gasteiger partial charge in [-0.1, -0.05) is 18.2 Å². The number of carbonyl (C=O) groups excluding carboxylic acids is 1. The Morgan fingerprint density at radius 2 is 1.89 bits per heavy atom. The predicted molar refractivity (Wildman–Crippen MR) is 65.7 cm³/mol. The molecule has 0 heterocycles. The summed E-state index contributed by atoms with van der Waals surface area (Å²) in [6.45, 7) is -1.27. The molecule has 0 unspecified atom stereocenters. The number of halogens is 3. The summed E-state index contributed by atoms with van der Waals surface area (Å²) in [5, 5.41) is 2.83. The van der Waals surface area contributed by atoms with Crippen molar-refractivity contribution in [1.29, 1.82) is 0 Å². The third-order valence-electron chi connectivity index (χ3n) is 2.88. The van der Waals surface area contributed by atoms with Crippen LogP contribution in [0.3, 0.4) is 0 Å². The highest BCUT2D eigenvalue weighted by atomic mass is 19.4. The number of para-hydroxylation sites is 1. The summed E-state index contributed by atoms with van der Waals surface area (Å²) in [6.07, 6.45) is -3.02. The minimum absolute atomic E-state index is 0.114. The van der Waals surface area contributed by atoms with E-state index >= 15 is 0 Å². The van der Waals surface area contributed by atoms with E-state index in [1.165, 1.54) is 0 Å². The maximum atomic E-state index is 12.4. The second kappa shape index (κ2) is 5.50. The van der Waals surface area contributed by atoms with Gasteiger partial charge in [-0.25, -0.2) is 0 Å². The number of anilines is 1. The minimum atomic E-state index is -4.34. The van der Waals surface area contributed by atoms with Gasteiger partial charge >= 0.3 is 6.18 Å². The molecule has 1 aliphatic rings. The van der Waals surface area contributed by atoms with Crippen molar-refractivity contribution >= 4 is 11.6 Å². The molecule has 19 heavy (non-hydrogen) atoms. The van der Waals surface area contributed by atoms with E-state index in [2.05, 4.69) is 5.32 Å². The summed E-state index contributed by atoms with van der Waals surface area (Å²) >= 11 is 0. The Balaban J connectivity index is 1.89. The van der Waals surface area contributed by atoms with E-state index in [-0.39, 0.29) is 12.6 Å². The number of carbonyl (C=O) groups is 1. The molecule has 2 rings (SSSR count). The molecule has 0 spiro atoms. The zero-order chi connectivity index (χ0) is 13.9. The van der Waals surface area contributed by atoms with Crippen molar-refractivity contribution in [2.45, 2.75) is 25.1 Å². The summed E-state index contributed by atoms with van der Waals surface area (Å²) < 4.78 is 37.2. The van der Waals surface area contributed by atoms with Crippen molar-refractivity contribution in [2.24, 2.45) is 0 Å². The van der Waals surface area contributed by atoms with Gasteiger partial charge in [-0.3, -0.25) is 4.79 Å². The van der Waals surface area contributed by atoms with Crippen molar-refractivity contribution in [2.75, 3.05) is 18.4 Å². The first-order chi connectivity index (χ1) is 8.96. The highest BCUT2D eigenvalue weighted by molar-refractivity contribution is 5.81. The summed E-state index contributed by atoms with van der Waals surface area (Å²) in [5.41, 5.74) is 0.721. The van der Waals surface area contributed by atoms with Gasteiger partial charge in [0, 0.05) is 11.7 Å². The van der Waals surface area contributed by atoms with E-state index in [9.17, 15) is 18.0 Å². The predicted octanol–water partition coefficient (Wildman–Crippen LogP) is 2.65. The van der Waals surface area contributed by atoms with Crippen LogP contribution < -0.4 is 5.32 Å². The quantitative estimate of drug-likeness (QED) is 0.893. The normalized spacial score (nSPS) is 15.1. The van der Waals surface area contributed by atoms with Gasteiger partial charge in [-0.15, -0.1) is 0 Å². The molecule has 1 aromatic rings. The lowest BCUT2D eigenvalue weighted by atomic mass is 10.3. The van der Waals surface area contributed by atoms with Crippen LogP contribution in [-0.4, -0.2) is 36.1 Å². The molecule has 1 saturated carbocycles. The lowest BCUT2D eigenvalue weighted by Gasteiger charge is -2.24. The fraction of sp³-hybridized carbons (Fsp3) is 0.462. The van der Waals surface area contributed by atoms with Crippen LogP contribution in [0.2, 0.25) is 0 Å². The summed E-state index contributed by atoms with van der Waals surface area (Å²) in [6, 6.07) is 8.69. The van der Waals surface area contributed by atoms with Gasteiger partial charge in [-0.2, -0.15) is 13.2 Å². The molecule has 0 atom stereocenters. The first-order valence-corrected chi connectivity index (χ1v) is 6.11. The van der Waals surface area contributed by atoms with E-state index in [0.29, 0.717) is 12.8 Å². The molecule has 0 radical (unpaired) electrons. The van der Waals surface area contributed by atoms with Crippen LogP contribution in [-0.2, 0) is 4.79 Å². The number of nitrogens with one attached hydrogen (secondary N) is 1. The molecule has 0 aromatic heterocycles. The SMILES string of the molecule is O=C(CNc1ccccc1)N(CC(F)(F)F)C1CC1. The number of rotatable bonds is 5. The van der Waals surface area contributed by atoms with Crippen LogP contribution >= 0.6 is 0 Å². The van der Waals surface area contributed by atoms with Gasteiger partial charge in [-0.05, 0) is 25.0 Å². The molecule has 0 bridgehead atoms. The molecule has 1 amide bonds. The molecule has 104 valence electrons. The van der Waals surface area contributed by atoms with Crippen LogP contribution in [0.5, 0.6) is 0 Å². The summed E-state index contributed by atoms with van der Waals surface area (Å²) in [7, 11) is 0. The first-order valence-electron chi connectivity index (χ1n) is 6.11. The zero-order valence-electron chi connectivity index (χ0n) is 10.3. The van der Waals surface area contributed by atoms with E-state index in [1.54, 1.807) is 24.3 Å². The van der Waals surface area contributed by atoms with Gasteiger partial charge in [0.15, 0.2) is 0 Å². The molecule has 0 aliphatic heterocycles. The second-order valence-corrected chi connectivity index (χ2v) is 4.59. The highest BCUT2D eigenvalue weighted by Gasteiger charge is 2.40. The summed E-state index contributed by atoms with van der Waals surface area (Å²) in [4.78, 5) is 12.8. The monoisotopic (exact) mass is 272 g/mol. The Morgan fingerprint density at radius 1 is 1.26 bits per heavy atom. The molecular weight excluding hydrogens is 257 g/mol. The fourth-order valence-corrected chi connectivity index (χ4v) is 1.84. The van der Waals surface area contributed by atoms with Gasteiger partial charge < -0.3 is 10.2 Å². The largest absolute Gasteiger partial charge is 0.406 e. The molecule has 1 aromatic carbocycles. The standard InChI is InChI=1S/C13H15F3N2O/c14-13(15,16)9-18(11-6-7-11)12(19)8-17-10-4-2-1-3-5-10/h1-5,11,17H,6-9H2. The molecule has 3 nitrogen and oxygen atoms in total. The number of nitrogens with zero attached hydrogens (tertiary/aromatic N) is 1. The van der Waals surface area contributed by atoms with Crippen molar-refractivity contribution in [3.8, 4) is 0 Å². The number of hydrogen-bond acceptors (Lipinski definition) is 2. The lowest BCUT2D eigenvalue weighted by Crippen LogP contribution is -2.43. The Kier molecular flexibility index (Phi) is 3.97. The topological polar surface area (TPSA) is 32.3 Å². The van der Waals surface area contributed by atoms with Crippen molar-refractivity contribution in [3.05, 3.63) is 30.3 Å². The van der Waals surface area contributed by atoms with Crippen LogP contribution in [0.4, 0.5) is 18.9 Å². The molecule has 1 aliphatic carbocycles. The van der Waals surface area contributed by atoms with E-state index < -0.39 is 18.6 Å². The Labute approximate surface area is 109 Å². The van der Waals surface area contributed by atoms with Crippen LogP contribution in [0.25, 0.3) is 0 Å². The van der Waals surface area contributed by atoms with Crippen LogP contribution in [0.1, 0.15) is 12.8 Å².